The number of halogens is 3. The quantitative estimate of drug-likeness (QED) is 0.858. The van der Waals surface area contributed by atoms with E-state index in [1.807, 2.05) is 6.92 Å². The zero-order chi connectivity index (χ0) is 13.8. The van der Waals surface area contributed by atoms with E-state index < -0.39 is 12.3 Å². The van der Waals surface area contributed by atoms with Crippen molar-refractivity contribution >= 4 is 0 Å². The predicted octanol–water partition coefficient (Wildman–Crippen LogP) is 3.16. The van der Waals surface area contributed by atoms with Gasteiger partial charge >= 0.3 is 6.18 Å². The number of alkyl halides is 3. The summed E-state index contributed by atoms with van der Waals surface area (Å²) < 4.78 is 47.0. The molecule has 1 atom stereocenters. The first-order valence-corrected chi connectivity index (χ1v) is 5.81. The molecule has 0 amide bonds. The highest BCUT2D eigenvalue weighted by atomic mass is 19.4. The minimum Gasteiger partial charge on any atom is -0.465 e. The largest absolute Gasteiger partial charge is 0.465 e. The van der Waals surface area contributed by atoms with E-state index in [0.29, 0.717) is 23.6 Å². The van der Waals surface area contributed by atoms with Crippen LogP contribution in [-0.4, -0.2) is 18.8 Å². The number of aryl methyl sites for hydroxylation is 1. The summed E-state index contributed by atoms with van der Waals surface area (Å²) in [5.41, 5.74) is 0.652. The average molecular weight is 265 g/mol. The van der Waals surface area contributed by atoms with Crippen LogP contribution in [0.5, 0.6) is 0 Å². The van der Waals surface area contributed by atoms with Crippen LogP contribution in [0.4, 0.5) is 13.2 Å². The van der Waals surface area contributed by atoms with E-state index in [-0.39, 0.29) is 6.61 Å². The van der Waals surface area contributed by atoms with Gasteiger partial charge in [-0.3, -0.25) is 0 Å². The molecule has 1 N–H and O–H groups in total. The van der Waals surface area contributed by atoms with Crippen LogP contribution in [0.25, 0.3) is 0 Å². The maximum Gasteiger partial charge on any atom is 0.414 e. The summed E-state index contributed by atoms with van der Waals surface area (Å²) in [5.74, 6) is 1.30. The molecule has 0 aliphatic rings. The normalized spacial score (nSPS) is 13.9. The van der Waals surface area contributed by atoms with Gasteiger partial charge in [-0.1, -0.05) is 6.92 Å². The fourth-order valence-corrected chi connectivity index (χ4v) is 1.38. The first-order chi connectivity index (χ1) is 8.34. The van der Waals surface area contributed by atoms with Crippen LogP contribution in [0, 0.1) is 6.92 Å². The van der Waals surface area contributed by atoms with Crippen molar-refractivity contribution in [3.05, 3.63) is 23.2 Å². The maximum atomic E-state index is 12.3. The number of nitrogens with one attached hydrogen (secondary N) is 1. The Bertz CT molecular complexity index is 374. The zero-order valence-corrected chi connectivity index (χ0v) is 10.7. The highest BCUT2D eigenvalue weighted by molar-refractivity contribution is 5.19. The summed E-state index contributed by atoms with van der Waals surface area (Å²) in [6.07, 6.45) is -6.10. The monoisotopic (exact) mass is 265 g/mol. The third-order valence-corrected chi connectivity index (χ3v) is 2.57. The molecule has 0 saturated carbocycles. The van der Waals surface area contributed by atoms with E-state index in [1.54, 1.807) is 13.0 Å². The van der Waals surface area contributed by atoms with Gasteiger partial charge in [-0.2, -0.15) is 13.2 Å². The minimum absolute atomic E-state index is 0.0951. The fourth-order valence-electron chi connectivity index (χ4n) is 1.38. The Hall–Kier alpha value is -1.01. The van der Waals surface area contributed by atoms with E-state index in [2.05, 4.69) is 5.32 Å². The molecule has 104 valence electrons. The van der Waals surface area contributed by atoms with Crippen LogP contribution in [0.3, 0.4) is 0 Å². The molecule has 0 spiro atoms. The molecule has 0 radical (unpaired) electrons. The van der Waals surface area contributed by atoms with Crippen LogP contribution in [0.15, 0.2) is 10.5 Å². The molecule has 1 heterocycles. The Balaban J connectivity index is 2.54. The van der Waals surface area contributed by atoms with Gasteiger partial charge in [-0.15, -0.1) is 0 Å². The lowest BCUT2D eigenvalue weighted by Crippen LogP contribution is -2.28. The summed E-state index contributed by atoms with van der Waals surface area (Å²) >= 11 is 0. The van der Waals surface area contributed by atoms with E-state index in [0.717, 1.165) is 13.5 Å². The Kier molecular flexibility index (Phi) is 5.22. The van der Waals surface area contributed by atoms with Crippen LogP contribution in [0.1, 0.15) is 30.9 Å². The summed E-state index contributed by atoms with van der Waals surface area (Å²) in [6.45, 7) is 5.94. The fraction of sp³-hybridized carbons (Fsp3) is 0.667. The molecule has 0 fully saturated rings. The molecular weight excluding hydrogens is 247 g/mol. The molecule has 0 saturated heterocycles. The van der Waals surface area contributed by atoms with E-state index in [1.165, 1.54) is 0 Å². The Labute approximate surface area is 104 Å². The summed E-state index contributed by atoms with van der Waals surface area (Å²) in [4.78, 5) is 0. The lowest BCUT2D eigenvalue weighted by Gasteiger charge is -2.15. The molecule has 6 heteroatoms. The summed E-state index contributed by atoms with van der Waals surface area (Å²) in [6, 6.07) is 1.72. The molecule has 0 bridgehead atoms. The van der Waals surface area contributed by atoms with Gasteiger partial charge in [0.25, 0.3) is 0 Å². The van der Waals surface area contributed by atoms with E-state index in [4.69, 9.17) is 9.15 Å². The van der Waals surface area contributed by atoms with E-state index >= 15 is 0 Å². The second-order valence-corrected chi connectivity index (χ2v) is 4.07. The molecular formula is C12H18F3NO2. The van der Waals surface area contributed by atoms with Crippen molar-refractivity contribution in [2.75, 3.05) is 6.54 Å². The highest BCUT2D eigenvalue weighted by Gasteiger charge is 2.36. The van der Waals surface area contributed by atoms with Crippen molar-refractivity contribution in [1.29, 1.82) is 0 Å². The number of ether oxygens (including phenoxy) is 1. The van der Waals surface area contributed by atoms with Crippen molar-refractivity contribution in [2.24, 2.45) is 0 Å². The summed E-state index contributed by atoms with van der Waals surface area (Å²) in [7, 11) is 0. The third-order valence-electron chi connectivity index (χ3n) is 2.57. The number of hydrogen-bond acceptors (Lipinski definition) is 3. The van der Waals surface area contributed by atoms with Crippen molar-refractivity contribution in [1.82, 2.24) is 5.32 Å². The maximum absolute atomic E-state index is 12.3. The Morgan fingerprint density at radius 3 is 2.67 bits per heavy atom. The number of rotatable bonds is 6. The van der Waals surface area contributed by atoms with Gasteiger partial charge in [0.1, 0.15) is 11.5 Å². The number of hydrogen-bond donors (Lipinski definition) is 1. The minimum atomic E-state index is -4.33. The molecule has 0 aliphatic heterocycles. The van der Waals surface area contributed by atoms with Gasteiger partial charge in [0.15, 0.2) is 6.10 Å². The molecule has 0 aliphatic carbocycles. The van der Waals surface area contributed by atoms with Crippen molar-refractivity contribution in [3.8, 4) is 0 Å². The molecule has 1 aromatic rings. The first-order valence-electron chi connectivity index (χ1n) is 5.81. The summed E-state index contributed by atoms with van der Waals surface area (Å²) in [5, 5.41) is 3.08. The Morgan fingerprint density at radius 2 is 2.11 bits per heavy atom. The second-order valence-electron chi connectivity index (χ2n) is 4.07. The van der Waals surface area contributed by atoms with Crippen LogP contribution in [-0.2, 0) is 17.9 Å². The smallest absolute Gasteiger partial charge is 0.414 e. The van der Waals surface area contributed by atoms with Crippen molar-refractivity contribution in [3.63, 3.8) is 0 Å². The molecule has 1 rings (SSSR count). The first kappa shape index (κ1) is 15.0. The predicted molar refractivity (Wildman–Crippen MR) is 61.1 cm³/mol. The molecule has 18 heavy (non-hydrogen) atoms. The zero-order valence-electron chi connectivity index (χ0n) is 10.7. The van der Waals surface area contributed by atoms with Gasteiger partial charge in [-0.25, -0.2) is 0 Å². The Morgan fingerprint density at radius 1 is 1.44 bits per heavy atom. The van der Waals surface area contributed by atoms with Crippen LogP contribution in [0.2, 0.25) is 0 Å². The van der Waals surface area contributed by atoms with Gasteiger partial charge in [0, 0.05) is 5.56 Å². The standard InChI is InChI=1S/C12H18F3NO2/c1-4-16-6-11-5-10(8(2)18-11)7-17-9(3)12(13,14)15/h5,9,16H,4,6-7H2,1-3H3. The highest BCUT2D eigenvalue weighted by Crippen LogP contribution is 2.24. The second kappa shape index (κ2) is 6.24. The van der Waals surface area contributed by atoms with Crippen LogP contribution >= 0.6 is 0 Å². The molecule has 1 aromatic heterocycles. The van der Waals surface area contributed by atoms with Crippen molar-refractivity contribution in [2.45, 2.75) is 46.2 Å². The van der Waals surface area contributed by atoms with Gasteiger partial charge in [0.2, 0.25) is 0 Å². The van der Waals surface area contributed by atoms with Gasteiger partial charge in [0.05, 0.1) is 13.2 Å². The lowest BCUT2D eigenvalue weighted by atomic mass is 10.2. The SMILES string of the molecule is CCNCc1cc(COC(C)C(F)(F)F)c(C)o1. The van der Waals surface area contributed by atoms with Gasteiger partial charge < -0.3 is 14.5 Å². The number of furan rings is 1. The average Bonchev–Trinajstić information content (AvgIpc) is 2.62. The van der Waals surface area contributed by atoms with Gasteiger partial charge in [-0.05, 0) is 26.5 Å². The molecule has 3 nitrogen and oxygen atoms in total. The van der Waals surface area contributed by atoms with E-state index in [9.17, 15) is 13.2 Å². The molecule has 1 unspecified atom stereocenters. The lowest BCUT2D eigenvalue weighted by molar-refractivity contribution is -0.217. The van der Waals surface area contributed by atoms with Crippen LogP contribution < -0.4 is 5.32 Å². The van der Waals surface area contributed by atoms with Crippen molar-refractivity contribution < 1.29 is 22.3 Å². The molecule has 0 aromatic carbocycles. The topological polar surface area (TPSA) is 34.4 Å². The third kappa shape index (κ3) is 4.34.